The molecule has 2 aliphatic heterocycles. The van der Waals surface area contributed by atoms with Crippen LogP contribution in [0.1, 0.15) is 79.8 Å². The molecule has 77 heavy (non-hydrogen) atoms. The maximum absolute atomic E-state index is 14.9. The van der Waals surface area contributed by atoms with Gasteiger partial charge >= 0.3 is 11.9 Å². The molecule has 0 bridgehead atoms. The number of hydrogen-bond acceptors (Lipinski definition) is 14. The van der Waals surface area contributed by atoms with Crippen LogP contribution in [0.5, 0.6) is 0 Å². The summed E-state index contributed by atoms with van der Waals surface area (Å²) in [6.45, 7) is 8.10. The van der Waals surface area contributed by atoms with Crippen LogP contribution in [0.4, 0.5) is 10.8 Å². The number of ether oxygens (including phenoxy) is 2. The third-order valence-electron chi connectivity index (χ3n) is 12.6. The predicted octanol–water partition coefficient (Wildman–Crippen LogP) is 11.0. The predicted molar refractivity (Wildman–Crippen MR) is 297 cm³/mol. The van der Waals surface area contributed by atoms with Crippen molar-refractivity contribution >= 4 is 69.5 Å². The van der Waals surface area contributed by atoms with Gasteiger partial charge < -0.3 is 24.9 Å². The first-order valence-electron chi connectivity index (χ1n) is 24.6. The Morgan fingerprint density at radius 3 is 1.78 bits per heavy atom. The lowest BCUT2D eigenvalue weighted by molar-refractivity contribution is -0.384. The van der Waals surface area contributed by atoms with Gasteiger partial charge in [0.2, 0.25) is 5.60 Å². The minimum atomic E-state index is -1.68. The molecule has 2 amide bonds. The number of nitrogens with zero attached hydrogens (tertiary/aromatic N) is 4. The third-order valence-corrected chi connectivity index (χ3v) is 14.7. The van der Waals surface area contributed by atoms with Crippen molar-refractivity contribution in [3.63, 3.8) is 0 Å². The average molecular weight is 1070 g/mol. The van der Waals surface area contributed by atoms with Crippen LogP contribution in [0.15, 0.2) is 204 Å². The van der Waals surface area contributed by atoms with Crippen LogP contribution in [0.2, 0.25) is 0 Å². The van der Waals surface area contributed by atoms with Crippen molar-refractivity contribution in [1.82, 2.24) is 15.2 Å². The van der Waals surface area contributed by atoms with Crippen LogP contribution in [-0.2, 0) is 39.0 Å². The number of nitro benzene ring substituents is 1. The summed E-state index contributed by atoms with van der Waals surface area (Å²) in [6, 6.07) is 53.0. The number of nitro groups is 1. The second-order valence-electron chi connectivity index (χ2n) is 19.6. The zero-order valence-electron chi connectivity index (χ0n) is 42.7. The minimum Gasteiger partial charge on any atom is -0.457 e. The van der Waals surface area contributed by atoms with E-state index in [1.807, 2.05) is 152 Å². The van der Waals surface area contributed by atoms with Gasteiger partial charge in [-0.2, -0.15) is 0 Å². The molecule has 1 aromatic heterocycles. The summed E-state index contributed by atoms with van der Waals surface area (Å²) in [5.41, 5.74) is 1.34. The van der Waals surface area contributed by atoms with Gasteiger partial charge in [-0.25, -0.2) is 14.6 Å². The van der Waals surface area contributed by atoms with E-state index in [0.717, 1.165) is 16.7 Å². The Morgan fingerprint density at radius 1 is 0.753 bits per heavy atom. The summed E-state index contributed by atoms with van der Waals surface area (Å²) in [6.07, 6.45) is 2.53. The highest BCUT2D eigenvalue weighted by molar-refractivity contribution is 8.00. The molecule has 1 saturated heterocycles. The van der Waals surface area contributed by atoms with E-state index in [-0.39, 0.29) is 28.5 Å². The number of thiazole rings is 1. The van der Waals surface area contributed by atoms with Gasteiger partial charge in [0.15, 0.2) is 16.9 Å². The summed E-state index contributed by atoms with van der Waals surface area (Å²) in [5, 5.41) is 23.5. The Bertz CT molecular complexity index is 3230. The molecule has 1 unspecified atom stereocenters. The Balaban J connectivity index is 1.06. The lowest BCUT2D eigenvalue weighted by atomic mass is 9.77. The second-order valence-corrected chi connectivity index (χ2v) is 21.5. The number of allylic oxidation sites excluding steroid dienone is 1. The number of anilines is 1. The van der Waals surface area contributed by atoms with Crippen molar-refractivity contribution in [1.29, 1.82) is 0 Å². The van der Waals surface area contributed by atoms with E-state index in [2.05, 4.69) is 15.8 Å². The number of β-lactam (4-membered cyclic amide) rings is 1. The Kier molecular flexibility index (Phi) is 15.6. The molecule has 7 aromatic rings. The molecule has 0 radical (unpaired) electrons. The molecule has 2 N–H and O–H groups in total. The van der Waals surface area contributed by atoms with Crippen LogP contribution in [0.25, 0.3) is 6.08 Å². The molecule has 3 heterocycles. The number of fused-ring (bicyclic) bond motifs is 1. The van der Waals surface area contributed by atoms with Gasteiger partial charge in [0.05, 0.1) is 4.92 Å². The number of thioether (sulfide) groups is 1. The van der Waals surface area contributed by atoms with E-state index in [4.69, 9.17) is 19.3 Å². The largest absolute Gasteiger partial charge is 0.457 e. The molecule has 0 aliphatic carbocycles. The standard InChI is InChI=1S/C60H54N6O9S2/c1-58(2,3)74-56(70)59(4,5)75-64-48(47-38-77-57(61-47)63-60(43-25-15-8-16-26-43,44-27-17-9-18-28-44)45-29-19-10-20-30-45)52(67)62-49-53(68)65-50(42(37-76-54(49)65)34-31-39-32-35-46(36-33-39)66(71)72)55(69)73-51(40-21-11-6-12-22-40)41-23-13-7-14-24-41/h6-36,38,49,51,54H,37H2,1-5H3,(H,61,63)(H,62,67)/b34-31+,64-48-/t49?,54-/m1/s1. The van der Waals surface area contributed by atoms with E-state index in [1.54, 1.807) is 50.4 Å². The highest BCUT2D eigenvalue weighted by Crippen LogP contribution is 2.43. The minimum absolute atomic E-state index is 0.0236. The number of aromatic nitrogens is 1. The number of nitrogens with one attached hydrogen (secondary N) is 2. The molecular weight excluding hydrogens is 1010 g/mol. The normalized spacial score (nSPS) is 15.8. The van der Waals surface area contributed by atoms with Gasteiger partial charge in [-0.3, -0.25) is 24.6 Å². The molecule has 6 aromatic carbocycles. The quantitative estimate of drug-likeness (QED) is 0.0207. The number of amides is 2. The summed E-state index contributed by atoms with van der Waals surface area (Å²) >= 11 is 2.53. The van der Waals surface area contributed by atoms with Crippen molar-refractivity contribution in [2.24, 2.45) is 5.16 Å². The van der Waals surface area contributed by atoms with Crippen LogP contribution >= 0.6 is 23.1 Å². The lowest BCUT2D eigenvalue weighted by Crippen LogP contribution is -2.71. The molecule has 9 rings (SSSR count). The van der Waals surface area contributed by atoms with E-state index in [0.29, 0.717) is 27.4 Å². The van der Waals surface area contributed by atoms with E-state index < -0.39 is 62.9 Å². The molecule has 390 valence electrons. The molecule has 2 aliphatic rings. The molecule has 17 heteroatoms. The van der Waals surface area contributed by atoms with Gasteiger partial charge in [0.25, 0.3) is 17.5 Å². The van der Waals surface area contributed by atoms with Crippen molar-refractivity contribution in [2.75, 3.05) is 11.1 Å². The molecule has 0 spiro atoms. The first-order chi connectivity index (χ1) is 37.0. The fourth-order valence-corrected chi connectivity index (χ4v) is 10.9. The molecule has 15 nitrogen and oxygen atoms in total. The summed E-state index contributed by atoms with van der Waals surface area (Å²) in [7, 11) is 0. The number of non-ortho nitro benzene ring substituents is 1. The Labute approximate surface area is 453 Å². The lowest BCUT2D eigenvalue weighted by Gasteiger charge is -2.49. The monoisotopic (exact) mass is 1070 g/mol. The van der Waals surface area contributed by atoms with Gasteiger partial charge in [0.1, 0.15) is 33.9 Å². The highest BCUT2D eigenvalue weighted by Gasteiger charge is 2.55. The van der Waals surface area contributed by atoms with Gasteiger partial charge in [0, 0.05) is 23.3 Å². The SMILES string of the molecule is CC(C)(C)OC(=O)C(C)(C)O/N=C(\C(=O)NC1C(=O)N2C(C(=O)OC(c3ccccc3)c3ccccc3)=C(/C=C/c3ccc([N+](=O)[O-])cc3)CS[C@H]12)c1csc(NC(c2ccccc2)(c2ccccc2)c2ccccc2)n1. The van der Waals surface area contributed by atoms with Crippen LogP contribution < -0.4 is 10.6 Å². The molecular formula is C60H54N6O9S2. The Hall–Kier alpha value is -8.67. The molecule has 0 saturated carbocycles. The van der Waals surface area contributed by atoms with Crippen LogP contribution in [0, 0.1) is 10.1 Å². The fourth-order valence-electron chi connectivity index (χ4n) is 8.80. The molecule has 1 fully saturated rings. The zero-order chi connectivity index (χ0) is 54.3. The highest BCUT2D eigenvalue weighted by atomic mass is 32.2. The average Bonchev–Trinajstić information content (AvgIpc) is 3.97. The zero-order valence-corrected chi connectivity index (χ0v) is 44.3. The van der Waals surface area contributed by atoms with E-state index >= 15 is 0 Å². The first-order valence-corrected chi connectivity index (χ1v) is 26.6. The van der Waals surface area contributed by atoms with Crippen molar-refractivity contribution in [2.45, 2.75) is 68.9 Å². The number of rotatable bonds is 18. The second kappa shape index (κ2) is 22.7. The number of hydrogen-bond donors (Lipinski definition) is 2. The number of carbonyl (C=O) groups is 4. The summed E-state index contributed by atoms with van der Waals surface area (Å²) in [4.78, 5) is 80.8. The molecule has 2 atom stereocenters. The van der Waals surface area contributed by atoms with Crippen molar-refractivity contribution < 1.29 is 38.4 Å². The maximum Gasteiger partial charge on any atom is 0.356 e. The summed E-state index contributed by atoms with van der Waals surface area (Å²) in [5.74, 6) is -2.76. The van der Waals surface area contributed by atoms with E-state index in [9.17, 15) is 29.3 Å². The van der Waals surface area contributed by atoms with Crippen LogP contribution in [0.3, 0.4) is 0 Å². The maximum atomic E-state index is 14.9. The first kappa shape index (κ1) is 53.2. The van der Waals surface area contributed by atoms with E-state index in [1.165, 1.54) is 54.0 Å². The third kappa shape index (κ3) is 11.8. The van der Waals surface area contributed by atoms with Crippen molar-refractivity contribution in [3.05, 3.63) is 248 Å². The smallest absolute Gasteiger partial charge is 0.356 e. The number of carbonyl (C=O) groups excluding carboxylic acids is 4. The number of benzene rings is 6. The van der Waals surface area contributed by atoms with Gasteiger partial charge in [-0.05, 0) is 85.7 Å². The fraction of sp³-hybridized carbons (Fsp3) is 0.200. The number of esters is 2. The van der Waals surface area contributed by atoms with Crippen molar-refractivity contribution in [3.8, 4) is 0 Å². The number of oxime groups is 1. The summed E-state index contributed by atoms with van der Waals surface area (Å²) < 4.78 is 12.0. The van der Waals surface area contributed by atoms with Crippen LogP contribution in [-0.4, -0.2) is 72.6 Å². The van der Waals surface area contributed by atoms with Gasteiger partial charge in [-0.1, -0.05) is 169 Å². The Morgan fingerprint density at radius 2 is 1.27 bits per heavy atom. The topological polar surface area (TPSA) is 192 Å². The van der Waals surface area contributed by atoms with Gasteiger partial charge in [-0.15, -0.1) is 23.1 Å².